The molecule has 41 heavy (non-hydrogen) atoms. The minimum Gasteiger partial charge on any atom is -0.368 e. The van der Waals surface area contributed by atoms with Gasteiger partial charge in [0.1, 0.15) is 0 Å². The molecule has 0 atom stereocenters. The summed E-state index contributed by atoms with van der Waals surface area (Å²) in [5.74, 6) is 2.38. The van der Waals surface area contributed by atoms with Gasteiger partial charge >= 0.3 is 0 Å². The minimum atomic E-state index is -0.201. The van der Waals surface area contributed by atoms with Crippen molar-refractivity contribution in [1.82, 2.24) is 10.2 Å². The van der Waals surface area contributed by atoms with Crippen LogP contribution in [0, 0.1) is 23.2 Å². The van der Waals surface area contributed by atoms with E-state index in [1.165, 1.54) is 44.1 Å². The van der Waals surface area contributed by atoms with Gasteiger partial charge in [-0.25, -0.2) is 0 Å². The van der Waals surface area contributed by atoms with E-state index in [4.69, 9.17) is 0 Å². The molecule has 0 spiro atoms. The van der Waals surface area contributed by atoms with Crippen LogP contribution in [0.25, 0.3) is 0 Å². The van der Waals surface area contributed by atoms with Crippen molar-refractivity contribution in [3.8, 4) is 0 Å². The number of amides is 2. The zero-order chi connectivity index (χ0) is 27.8. The van der Waals surface area contributed by atoms with Crippen LogP contribution in [0.3, 0.4) is 0 Å². The largest absolute Gasteiger partial charge is 0.368 e. The molecule has 2 aromatic carbocycles. The number of hydrogen-bond donors (Lipinski definition) is 2. The standard InChI is InChI=1S/C35H46N4O2/c40-33(36-29-9-5-2-6-10-29)31-20-30(37-34(41)35-21-26-17-27(22-35)19-28(18-26)23-35)11-12-32(31)39-15-13-38(14-16-39)24-25-7-3-1-4-8-25/h1,3-4,7-8,11-12,20,26-29H,2,5-6,9-10,13-19,21-24H2,(H,36,40)(H,37,41). The summed E-state index contributed by atoms with van der Waals surface area (Å²) in [5.41, 5.74) is 3.60. The Hall–Kier alpha value is -2.86. The van der Waals surface area contributed by atoms with E-state index >= 15 is 0 Å². The first-order valence-corrected chi connectivity index (χ1v) is 16.3. The summed E-state index contributed by atoms with van der Waals surface area (Å²) < 4.78 is 0. The maximum Gasteiger partial charge on any atom is 0.253 e. The van der Waals surface area contributed by atoms with Crippen LogP contribution in [0.2, 0.25) is 0 Å². The number of benzene rings is 2. The molecule has 0 radical (unpaired) electrons. The van der Waals surface area contributed by atoms with Crippen LogP contribution in [0.5, 0.6) is 0 Å². The van der Waals surface area contributed by atoms with E-state index in [-0.39, 0.29) is 23.3 Å². The smallest absolute Gasteiger partial charge is 0.253 e. The first-order chi connectivity index (χ1) is 20.0. The third-order valence-corrected chi connectivity index (χ3v) is 10.9. The van der Waals surface area contributed by atoms with Gasteiger partial charge in [-0.05, 0) is 92.9 Å². The van der Waals surface area contributed by atoms with Gasteiger partial charge in [0, 0.05) is 50.1 Å². The molecule has 5 saturated carbocycles. The van der Waals surface area contributed by atoms with E-state index in [1.807, 2.05) is 12.1 Å². The highest BCUT2D eigenvalue weighted by molar-refractivity contribution is 6.03. The predicted molar refractivity (Wildman–Crippen MR) is 164 cm³/mol. The topological polar surface area (TPSA) is 64.7 Å². The summed E-state index contributed by atoms with van der Waals surface area (Å²) in [6, 6.07) is 17.0. The molecule has 5 aliphatic carbocycles. The lowest BCUT2D eigenvalue weighted by Crippen LogP contribution is -2.51. The van der Waals surface area contributed by atoms with E-state index in [0.717, 1.165) is 94.0 Å². The van der Waals surface area contributed by atoms with Crippen molar-refractivity contribution < 1.29 is 9.59 Å². The molecular formula is C35H46N4O2. The normalized spacial score (nSPS) is 29.9. The maximum atomic E-state index is 13.8. The van der Waals surface area contributed by atoms with E-state index in [2.05, 4.69) is 56.8 Å². The van der Waals surface area contributed by atoms with Gasteiger partial charge in [-0.15, -0.1) is 0 Å². The average Bonchev–Trinajstić information content (AvgIpc) is 2.98. The summed E-state index contributed by atoms with van der Waals surface area (Å²) in [4.78, 5) is 32.4. The Labute approximate surface area is 245 Å². The molecule has 6 aliphatic rings. The molecule has 1 heterocycles. The third-order valence-electron chi connectivity index (χ3n) is 10.9. The van der Waals surface area contributed by atoms with Crippen molar-refractivity contribution in [2.45, 2.75) is 83.2 Å². The number of nitrogens with one attached hydrogen (secondary N) is 2. The molecule has 2 aromatic rings. The van der Waals surface area contributed by atoms with Gasteiger partial charge in [-0.3, -0.25) is 14.5 Å². The Bertz CT molecular complexity index is 1210. The molecule has 1 aliphatic heterocycles. The molecule has 0 aromatic heterocycles. The SMILES string of the molecule is O=C(NC1CCCCC1)c1cc(NC(=O)C23CC4CC(CC(C4)C2)C3)ccc1N1CCN(Cc2ccccc2)CC1. The van der Waals surface area contributed by atoms with E-state index < -0.39 is 0 Å². The first kappa shape index (κ1) is 27.0. The molecule has 0 unspecified atom stereocenters. The number of carbonyl (C=O) groups is 2. The zero-order valence-electron chi connectivity index (χ0n) is 24.5. The highest BCUT2D eigenvalue weighted by atomic mass is 16.2. The number of nitrogens with zero attached hydrogens (tertiary/aromatic N) is 2. The van der Waals surface area contributed by atoms with Gasteiger partial charge in [-0.2, -0.15) is 0 Å². The van der Waals surface area contributed by atoms with Crippen LogP contribution in [-0.4, -0.2) is 48.9 Å². The van der Waals surface area contributed by atoms with Gasteiger partial charge in [-0.1, -0.05) is 49.6 Å². The van der Waals surface area contributed by atoms with Crippen LogP contribution in [0.4, 0.5) is 11.4 Å². The van der Waals surface area contributed by atoms with E-state index in [9.17, 15) is 9.59 Å². The second-order valence-electron chi connectivity index (χ2n) is 13.9. The Morgan fingerprint density at radius 2 is 1.46 bits per heavy atom. The lowest BCUT2D eigenvalue weighted by molar-refractivity contribution is -0.140. The third kappa shape index (κ3) is 5.77. The van der Waals surface area contributed by atoms with Gasteiger partial charge in [0.15, 0.2) is 0 Å². The molecule has 1 saturated heterocycles. The lowest BCUT2D eigenvalue weighted by Gasteiger charge is -2.55. The summed E-state index contributed by atoms with van der Waals surface area (Å²) in [6.45, 7) is 4.65. The Morgan fingerprint density at radius 3 is 2.12 bits per heavy atom. The fraction of sp³-hybridized carbons (Fsp3) is 0.600. The number of carbonyl (C=O) groups excluding carboxylic acids is 2. The van der Waals surface area contributed by atoms with Crippen LogP contribution in [0.1, 0.15) is 86.6 Å². The number of hydrogen-bond acceptors (Lipinski definition) is 4. The summed E-state index contributed by atoms with van der Waals surface area (Å²) in [6.07, 6.45) is 12.9. The molecular weight excluding hydrogens is 508 g/mol. The Balaban J connectivity index is 1.08. The number of anilines is 2. The van der Waals surface area contributed by atoms with Crippen molar-refractivity contribution in [1.29, 1.82) is 0 Å². The zero-order valence-corrected chi connectivity index (χ0v) is 24.5. The van der Waals surface area contributed by atoms with Crippen molar-refractivity contribution >= 4 is 23.2 Å². The number of rotatable bonds is 7. The predicted octanol–water partition coefficient (Wildman–Crippen LogP) is 6.23. The fourth-order valence-electron chi connectivity index (χ4n) is 9.22. The lowest BCUT2D eigenvalue weighted by atomic mass is 9.49. The molecule has 2 N–H and O–H groups in total. The van der Waals surface area contributed by atoms with Gasteiger partial charge < -0.3 is 15.5 Å². The Morgan fingerprint density at radius 1 is 0.805 bits per heavy atom. The van der Waals surface area contributed by atoms with Gasteiger partial charge in [0.25, 0.3) is 5.91 Å². The summed E-state index contributed by atoms with van der Waals surface area (Å²) in [7, 11) is 0. The van der Waals surface area contributed by atoms with Crippen LogP contribution in [-0.2, 0) is 11.3 Å². The van der Waals surface area contributed by atoms with Crippen LogP contribution in [0.15, 0.2) is 48.5 Å². The molecule has 218 valence electrons. The van der Waals surface area contributed by atoms with Crippen LogP contribution < -0.4 is 15.5 Å². The van der Waals surface area contributed by atoms with Crippen LogP contribution >= 0.6 is 0 Å². The molecule has 2 amide bonds. The monoisotopic (exact) mass is 554 g/mol. The second-order valence-corrected chi connectivity index (χ2v) is 13.9. The molecule has 6 fully saturated rings. The van der Waals surface area contributed by atoms with E-state index in [0.29, 0.717) is 5.56 Å². The summed E-state index contributed by atoms with van der Waals surface area (Å²) in [5, 5.41) is 6.67. The highest BCUT2D eigenvalue weighted by Crippen LogP contribution is 2.60. The van der Waals surface area contributed by atoms with Gasteiger partial charge in [0.2, 0.25) is 5.91 Å². The molecule has 8 rings (SSSR count). The van der Waals surface area contributed by atoms with Crippen molar-refractivity contribution in [2.75, 3.05) is 36.4 Å². The maximum absolute atomic E-state index is 13.8. The second kappa shape index (κ2) is 11.4. The highest BCUT2D eigenvalue weighted by Gasteiger charge is 2.54. The van der Waals surface area contributed by atoms with Crippen molar-refractivity contribution in [2.24, 2.45) is 23.2 Å². The quantitative estimate of drug-likeness (QED) is 0.426. The van der Waals surface area contributed by atoms with Crippen molar-refractivity contribution in [3.05, 3.63) is 59.7 Å². The molecule has 4 bridgehead atoms. The minimum absolute atomic E-state index is 0.00418. The molecule has 6 nitrogen and oxygen atoms in total. The van der Waals surface area contributed by atoms with E-state index in [1.54, 1.807) is 0 Å². The average molecular weight is 555 g/mol. The first-order valence-electron chi connectivity index (χ1n) is 16.3. The Kier molecular flexibility index (Phi) is 7.53. The van der Waals surface area contributed by atoms with Gasteiger partial charge in [0.05, 0.1) is 11.0 Å². The van der Waals surface area contributed by atoms with Crippen molar-refractivity contribution in [3.63, 3.8) is 0 Å². The molecule has 6 heteroatoms. The fourth-order valence-corrected chi connectivity index (χ4v) is 9.22. The number of piperazine rings is 1. The summed E-state index contributed by atoms with van der Waals surface area (Å²) >= 11 is 0.